The lowest BCUT2D eigenvalue weighted by atomic mass is 9.93. The van der Waals surface area contributed by atoms with E-state index in [1.807, 2.05) is 30.3 Å². The molecule has 0 aliphatic carbocycles. The van der Waals surface area contributed by atoms with E-state index in [0.29, 0.717) is 33.7 Å². The summed E-state index contributed by atoms with van der Waals surface area (Å²) in [6.07, 6.45) is -1.26. The van der Waals surface area contributed by atoms with Crippen molar-refractivity contribution >= 4 is 16.7 Å². The van der Waals surface area contributed by atoms with E-state index < -0.39 is 11.7 Å². The molecule has 1 saturated heterocycles. The fraction of sp³-hybridized carbons (Fsp3) is 0.273. The third-order valence-electron chi connectivity index (χ3n) is 5.58. The van der Waals surface area contributed by atoms with Crippen LogP contribution in [0, 0.1) is 0 Å². The molecule has 0 atom stereocenters. The van der Waals surface area contributed by atoms with Crippen molar-refractivity contribution in [2.45, 2.75) is 25.4 Å². The van der Waals surface area contributed by atoms with Crippen molar-refractivity contribution in [1.29, 1.82) is 0 Å². The molecule has 158 valence electrons. The highest BCUT2D eigenvalue weighted by Gasteiger charge is 2.32. The Hall–Kier alpha value is -3.49. The molecule has 0 saturated carbocycles. The fourth-order valence-corrected chi connectivity index (χ4v) is 4.15. The molecule has 3 heterocycles. The van der Waals surface area contributed by atoms with Gasteiger partial charge in [-0.2, -0.15) is 18.4 Å². The smallest absolute Gasteiger partial charge is 0.356 e. The molecule has 9 heteroatoms. The van der Waals surface area contributed by atoms with Crippen LogP contribution in [-0.2, 0) is 6.18 Å². The van der Waals surface area contributed by atoms with Crippen molar-refractivity contribution in [3.05, 3.63) is 54.1 Å². The highest BCUT2D eigenvalue weighted by molar-refractivity contribution is 6.05. The zero-order valence-corrected chi connectivity index (χ0v) is 16.5. The Morgan fingerprint density at radius 2 is 1.68 bits per heavy atom. The van der Waals surface area contributed by atoms with Gasteiger partial charge in [0, 0.05) is 24.0 Å². The summed E-state index contributed by atoms with van der Waals surface area (Å²) < 4.78 is 40.6. The average Bonchev–Trinajstić information content (AvgIpc) is 3.32. The van der Waals surface area contributed by atoms with Crippen LogP contribution in [0.2, 0.25) is 0 Å². The second-order valence-electron chi connectivity index (χ2n) is 7.56. The van der Waals surface area contributed by atoms with Crippen LogP contribution < -0.4 is 4.90 Å². The van der Waals surface area contributed by atoms with E-state index in [1.54, 1.807) is 0 Å². The van der Waals surface area contributed by atoms with Gasteiger partial charge in [-0.05, 0) is 48.2 Å². The predicted molar refractivity (Wildman–Crippen MR) is 111 cm³/mol. The van der Waals surface area contributed by atoms with E-state index in [4.69, 9.17) is 4.98 Å². The lowest BCUT2D eigenvalue weighted by molar-refractivity contribution is -0.137. The summed E-state index contributed by atoms with van der Waals surface area (Å²) in [5.74, 6) is 0.985. The van der Waals surface area contributed by atoms with Crippen molar-refractivity contribution in [1.82, 2.24) is 25.6 Å². The minimum Gasteiger partial charge on any atom is -0.356 e. The molecule has 2 aromatic heterocycles. The van der Waals surface area contributed by atoms with Gasteiger partial charge in [0.2, 0.25) is 5.82 Å². The van der Waals surface area contributed by atoms with E-state index in [0.717, 1.165) is 50.0 Å². The maximum atomic E-state index is 13.5. The number of halogens is 3. The molecule has 1 fully saturated rings. The predicted octanol–water partition coefficient (Wildman–Crippen LogP) is 5.09. The summed E-state index contributed by atoms with van der Waals surface area (Å²) in [7, 11) is 0. The van der Waals surface area contributed by atoms with Crippen molar-refractivity contribution in [2.75, 3.05) is 18.0 Å². The number of benzene rings is 2. The van der Waals surface area contributed by atoms with E-state index >= 15 is 0 Å². The van der Waals surface area contributed by atoms with E-state index in [2.05, 4.69) is 25.5 Å². The van der Waals surface area contributed by atoms with Crippen LogP contribution >= 0.6 is 0 Å². The number of nitrogens with one attached hydrogen (secondary N) is 1. The molecule has 4 aromatic rings. The monoisotopic (exact) mass is 424 g/mol. The second-order valence-corrected chi connectivity index (χ2v) is 7.56. The fourth-order valence-electron chi connectivity index (χ4n) is 4.15. The molecule has 0 spiro atoms. The normalized spacial score (nSPS) is 14.9. The Morgan fingerprint density at radius 1 is 0.903 bits per heavy atom. The maximum absolute atomic E-state index is 13.5. The van der Waals surface area contributed by atoms with Crippen LogP contribution in [0.5, 0.6) is 0 Å². The first kappa shape index (κ1) is 19.5. The molecule has 1 aliphatic heterocycles. The van der Waals surface area contributed by atoms with Gasteiger partial charge in [0.15, 0.2) is 0 Å². The zero-order valence-electron chi connectivity index (χ0n) is 16.5. The number of aromatic nitrogens is 5. The largest absolute Gasteiger partial charge is 0.416 e. The second kappa shape index (κ2) is 7.64. The standard InChI is InChI=1S/C22H19F3N6/c23-22(24,25)15-9-10-17-16(13-15)18(14-7-3-1-4-8-14)19(20-27-29-30-28-20)21(26-17)31-11-5-2-6-12-31/h1,3-4,7-10,13H,2,5-6,11-12H2,(H,27,28,29,30). The molecule has 0 radical (unpaired) electrons. The van der Waals surface area contributed by atoms with Gasteiger partial charge in [-0.3, -0.25) is 0 Å². The van der Waals surface area contributed by atoms with Crippen molar-refractivity contribution in [2.24, 2.45) is 0 Å². The van der Waals surface area contributed by atoms with Gasteiger partial charge in [0.1, 0.15) is 5.82 Å². The molecule has 0 unspecified atom stereocenters. The quantitative estimate of drug-likeness (QED) is 0.496. The number of alkyl halides is 3. The van der Waals surface area contributed by atoms with Crippen LogP contribution in [-0.4, -0.2) is 38.7 Å². The zero-order chi connectivity index (χ0) is 21.4. The Bertz CT molecular complexity index is 1200. The molecule has 5 rings (SSSR count). The number of aromatic amines is 1. The lowest BCUT2D eigenvalue weighted by Crippen LogP contribution is -2.31. The Labute approximate surface area is 176 Å². The minimum absolute atomic E-state index is 0.311. The van der Waals surface area contributed by atoms with E-state index in [-0.39, 0.29) is 0 Å². The first-order valence-corrected chi connectivity index (χ1v) is 10.1. The number of pyridine rings is 1. The minimum atomic E-state index is -4.46. The summed E-state index contributed by atoms with van der Waals surface area (Å²) in [5.41, 5.74) is 1.77. The Kier molecular flexibility index (Phi) is 4.80. The summed E-state index contributed by atoms with van der Waals surface area (Å²) >= 11 is 0. The van der Waals surface area contributed by atoms with Gasteiger partial charge in [0.05, 0.1) is 16.6 Å². The topological polar surface area (TPSA) is 70.6 Å². The van der Waals surface area contributed by atoms with Crippen LogP contribution in [0.3, 0.4) is 0 Å². The summed E-state index contributed by atoms with van der Waals surface area (Å²) in [6.45, 7) is 1.64. The molecular formula is C22H19F3N6. The number of rotatable bonds is 3. The first-order valence-electron chi connectivity index (χ1n) is 10.1. The molecule has 1 N–H and O–H groups in total. The number of tetrazole rings is 1. The van der Waals surface area contributed by atoms with E-state index in [9.17, 15) is 13.2 Å². The van der Waals surface area contributed by atoms with Gasteiger partial charge in [0.25, 0.3) is 0 Å². The van der Waals surface area contributed by atoms with Gasteiger partial charge in [-0.25, -0.2) is 4.98 Å². The number of fused-ring (bicyclic) bond motifs is 1. The third kappa shape index (κ3) is 3.60. The van der Waals surface area contributed by atoms with Gasteiger partial charge in [-0.1, -0.05) is 30.3 Å². The van der Waals surface area contributed by atoms with Gasteiger partial charge in [-0.15, -0.1) is 10.2 Å². The Morgan fingerprint density at radius 3 is 2.35 bits per heavy atom. The van der Waals surface area contributed by atoms with E-state index in [1.165, 1.54) is 6.07 Å². The molecular weight excluding hydrogens is 405 g/mol. The number of hydrogen-bond donors (Lipinski definition) is 1. The molecule has 2 aromatic carbocycles. The van der Waals surface area contributed by atoms with Crippen LogP contribution in [0.1, 0.15) is 24.8 Å². The average molecular weight is 424 g/mol. The van der Waals surface area contributed by atoms with Crippen LogP contribution in [0.4, 0.5) is 19.0 Å². The molecule has 1 aliphatic rings. The summed E-state index contributed by atoms with van der Waals surface area (Å²) in [4.78, 5) is 6.97. The molecule has 31 heavy (non-hydrogen) atoms. The lowest BCUT2D eigenvalue weighted by Gasteiger charge is -2.30. The SMILES string of the molecule is FC(F)(F)c1ccc2nc(N3CCCCC3)c(-c3nn[nH]n3)c(-c3ccccc3)c2c1. The van der Waals surface area contributed by atoms with Crippen molar-refractivity contribution in [3.63, 3.8) is 0 Å². The third-order valence-corrected chi connectivity index (χ3v) is 5.58. The molecule has 0 amide bonds. The number of piperidine rings is 1. The number of nitrogens with zero attached hydrogens (tertiary/aromatic N) is 5. The van der Waals surface area contributed by atoms with Crippen molar-refractivity contribution < 1.29 is 13.2 Å². The number of anilines is 1. The first-order chi connectivity index (χ1) is 15.0. The highest BCUT2D eigenvalue weighted by Crippen LogP contribution is 2.43. The van der Waals surface area contributed by atoms with Crippen LogP contribution in [0.25, 0.3) is 33.4 Å². The summed E-state index contributed by atoms with van der Waals surface area (Å²) in [6, 6.07) is 13.0. The van der Waals surface area contributed by atoms with Gasteiger partial charge >= 0.3 is 6.18 Å². The Balaban J connectivity index is 1.88. The maximum Gasteiger partial charge on any atom is 0.416 e. The molecule has 0 bridgehead atoms. The number of hydrogen-bond acceptors (Lipinski definition) is 5. The van der Waals surface area contributed by atoms with Crippen molar-refractivity contribution in [3.8, 4) is 22.5 Å². The van der Waals surface area contributed by atoms with Gasteiger partial charge < -0.3 is 4.90 Å². The molecule has 6 nitrogen and oxygen atoms in total. The summed E-state index contributed by atoms with van der Waals surface area (Å²) in [5, 5.41) is 14.9. The number of H-pyrrole nitrogens is 1. The highest BCUT2D eigenvalue weighted by atomic mass is 19.4. The van der Waals surface area contributed by atoms with Crippen LogP contribution in [0.15, 0.2) is 48.5 Å².